The number of rotatable bonds is 9. The largest absolute Gasteiger partial charge is 0.497 e. The molecule has 178 valence electrons. The fourth-order valence-electron chi connectivity index (χ4n) is 3.38. The lowest BCUT2D eigenvalue weighted by Crippen LogP contribution is -2.48. The standard InChI is InChI=1S/C26H25Cl3N2O3/c1-17(26(33)30-15-20-7-10-22(28)14-24(20)29)31(16-19-5-11-23(34-2)12-6-19)25(32)13-18-3-8-21(27)9-4-18/h3-12,14,17H,13,15-16H2,1-2H3,(H,30,33)/t17-/m1/s1. The number of halogens is 3. The maximum Gasteiger partial charge on any atom is 0.242 e. The summed E-state index contributed by atoms with van der Waals surface area (Å²) < 4.78 is 5.21. The highest BCUT2D eigenvalue weighted by Gasteiger charge is 2.26. The summed E-state index contributed by atoms with van der Waals surface area (Å²) in [5.74, 6) is 0.253. The van der Waals surface area contributed by atoms with Crippen LogP contribution in [-0.4, -0.2) is 29.9 Å². The van der Waals surface area contributed by atoms with Crippen LogP contribution >= 0.6 is 34.8 Å². The normalized spacial score (nSPS) is 11.6. The third-order valence-corrected chi connectivity index (χ3v) is 6.25. The van der Waals surface area contributed by atoms with Crippen LogP contribution in [0.4, 0.5) is 0 Å². The molecule has 0 aliphatic heterocycles. The molecule has 0 saturated carbocycles. The van der Waals surface area contributed by atoms with Crippen molar-refractivity contribution in [3.05, 3.63) is 98.5 Å². The molecule has 0 unspecified atom stereocenters. The lowest BCUT2D eigenvalue weighted by atomic mass is 10.1. The lowest BCUT2D eigenvalue weighted by molar-refractivity contribution is -0.140. The number of hydrogen-bond acceptors (Lipinski definition) is 3. The highest BCUT2D eigenvalue weighted by atomic mass is 35.5. The van der Waals surface area contributed by atoms with Gasteiger partial charge in [-0.2, -0.15) is 0 Å². The number of hydrogen-bond donors (Lipinski definition) is 1. The van der Waals surface area contributed by atoms with Gasteiger partial charge in [0.25, 0.3) is 0 Å². The summed E-state index contributed by atoms with van der Waals surface area (Å²) in [7, 11) is 1.59. The Morgan fingerprint density at radius 3 is 2.15 bits per heavy atom. The number of methoxy groups -OCH3 is 1. The first-order valence-electron chi connectivity index (χ1n) is 10.7. The molecular weight excluding hydrogens is 495 g/mol. The SMILES string of the molecule is COc1ccc(CN(C(=O)Cc2ccc(Cl)cc2)[C@H](C)C(=O)NCc2ccc(Cl)cc2Cl)cc1. The van der Waals surface area contributed by atoms with Crippen LogP contribution in [0.5, 0.6) is 5.75 Å². The molecule has 0 bridgehead atoms. The predicted molar refractivity (Wildman–Crippen MR) is 136 cm³/mol. The molecule has 3 aromatic carbocycles. The van der Waals surface area contributed by atoms with E-state index in [4.69, 9.17) is 39.5 Å². The maximum atomic E-state index is 13.3. The van der Waals surface area contributed by atoms with Crippen LogP contribution in [0.1, 0.15) is 23.6 Å². The molecule has 0 heterocycles. The Kier molecular flexibility index (Phi) is 9.22. The van der Waals surface area contributed by atoms with Crippen LogP contribution in [0.3, 0.4) is 0 Å². The highest BCUT2D eigenvalue weighted by Crippen LogP contribution is 2.21. The minimum Gasteiger partial charge on any atom is -0.497 e. The summed E-state index contributed by atoms with van der Waals surface area (Å²) in [4.78, 5) is 27.9. The van der Waals surface area contributed by atoms with Crippen LogP contribution < -0.4 is 10.1 Å². The van der Waals surface area contributed by atoms with Crippen LogP contribution in [0, 0.1) is 0 Å². The van der Waals surface area contributed by atoms with Gasteiger partial charge in [0, 0.05) is 28.2 Å². The van der Waals surface area contributed by atoms with E-state index in [2.05, 4.69) is 5.32 Å². The van der Waals surface area contributed by atoms with Gasteiger partial charge in [-0.05, 0) is 60.0 Å². The van der Waals surface area contributed by atoms with Crippen LogP contribution in [0.2, 0.25) is 15.1 Å². The van der Waals surface area contributed by atoms with E-state index in [0.717, 1.165) is 16.7 Å². The van der Waals surface area contributed by atoms with Crippen LogP contribution in [-0.2, 0) is 29.1 Å². The zero-order chi connectivity index (χ0) is 24.7. The fourth-order valence-corrected chi connectivity index (χ4v) is 3.99. The Hall–Kier alpha value is -2.73. The van der Waals surface area contributed by atoms with Gasteiger partial charge in [-0.1, -0.05) is 65.1 Å². The monoisotopic (exact) mass is 518 g/mol. The molecular formula is C26H25Cl3N2O3. The molecule has 0 saturated heterocycles. The molecule has 0 aromatic heterocycles. The van der Waals surface area contributed by atoms with Crippen LogP contribution in [0.15, 0.2) is 66.7 Å². The Bertz CT molecular complexity index is 1140. The van der Waals surface area contributed by atoms with Crippen molar-refractivity contribution in [1.82, 2.24) is 10.2 Å². The van der Waals surface area contributed by atoms with Gasteiger partial charge in [-0.25, -0.2) is 0 Å². The Labute approximate surface area is 214 Å². The molecule has 0 fully saturated rings. The van der Waals surface area contributed by atoms with Crippen LogP contribution in [0.25, 0.3) is 0 Å². The summed E-state index contributed by atoms with van der Waals surface area (Å²) in [5.41, 5.74) is 2.43. The summed E-state index contributed by atoms with van der Waals surface area (Å²) >= 11 is 18.1. The Morgan fingerprint density at radius 1 is 0.912 bits per heavy atom. The molecule has 5 nitrogen and oxygen atoms in total. The number of carbonyl (C=O) groups excluding carboxylic acids is 2. The van der Waals surface area contributed by atoms with Crippen molar-refractivity contribution in [3.8, 4) is 5.75 Å². The van der Waals surface area contributed by atoms with E-state index in [9.17, 15) is 9.59 Å². The second-order valence-corrected chi connectivity index (χ2v) is 9.08. The number of nitrogens with zero attached hydrogens (tertiary/aromatic N) is 1. The van der Waals surface area contributed by atoms with Gasteiger partial charge >= 0.3 is 0 Å². The second-order valence-electron chi connectivity index (χ2n) is 7.80. The zero-order valence-corrected chi connectivity index (χ0v) is 21.1. The van der Waals surface area contributed by atoms with Crippen molar-refractivity contribution in [2.45, 2.75) is 32.5 Å². The van der Waals surface area contributed by atoms with Gasteiger partial charge in [0.1, 0.15) is 11.8 Å². The van der Waals surface area contributed by atoms with Crippen molar-refractivity contribution in [2.24, 2.45) is 0 Å². The molecule has 0 spiro atoms. The third kappa shape index (κ3) is 7.13. The van der Waals surface area contributed by atoms with Gasteiger partial charge < -0.3 is 15.0 Å². The molecule has 1 N–H and O–H groups in total. The van der Waals surface area contributed by atoms with Gasteiger partial charge in [-0.3, -0.25) is 9.59 Å². The van der Waals surface area contributed by atoms with E-state index in [0.29, 0.717) is 20.8 Å². The average molecular weight is 520 g/mol. The molecule has 3 rings (SSSR count). The molecule has 8 heteroatoms. The molecule has 3 aromatic rings. The van der Waals surface area contributed by atoms with E-state index >= 15 is 0 Å². The molecule has 34 heavy (non-hydrogen) atoms. The fraction of sp³-hybridized carbons (Fsp3) is 0.231. The predicted octanol–water partition coefficient (Wildman–Crippen LogP) is 5.93. The first kappa shape index (κ1) is 25.9. The topological polar surface area (TPSA) is 58.6 Å². The van der Waals surface area contributed by atoms with Crippen molar-refractivity contribution < 1.29 is 14.3 Å². The number of carbonyl (C=O) groups is 2. The van der Waals surface area contributed by atoms with Crippen molar-refractivity contribution in [3.63, 3.8) is 0 Å². The maximum absolute atomic E-state index is 13.3. The number of nitrogens with one attached hydrogen (secondary N) is 1. The van der Waals surface area contributed by atoms with E-state index in [-0.39, 0.29) is 31.3 Å². The first-order chi connectivity index (χ1) is 16.3. The smallest absolute Gasteiger partial charge is 0.242 e. The summed E-state index contributed by atoms with van der Waals surface area (Å²) in [6, 6.07) is 18.9. The van der Waals surface area contributed by atoms with E-state index < -0.39 is 6.04 Å². The summed E-state index contributed by atoms with van der Waals surface area (Å²) in [5, 5.41) is 4.46. The molecule has 0 aliphatic carbocycles. The van der Waals surface area contributed by atoms with E-state index in [1.807, 2.05) is 24.3 Å². The van der Waals surface area contributed by atoms with E-state index in [1.54, 1.807) is 61.4 Å². The molecule has 0 aliphatic rings. The quantitative estimate of drug-likeness (QED) is 0.381. The first-order valence-corrected chi connectivity index (χ1v) is 11.8. The van der Waals surface area contributed by atoms with Gasteiger partial charge in [-0.15, -0.1) is 0 Å². The van der Waals surface area contributed by atoms with E-state index in [1.165, 1.54) is 0 Å². The highest BCUT2D eigenvalue weighted by molar-refractivity contribution is 6.35. The van der Waals surface area contributed by atoms with Gasteiger partial charge in [0.05, 0.1) is 13.5 Å². The van der Waals surface area contributed by atoms with Gasteiger partial charge in [0.15, 0.2) is 0 Å². The molecule has 2 amide bonds. The minimum absolute atomic E-state index is 0.147. The van der Waals surface area contributed by atoms with Crippen molar-refractivity contribution in [1.29, 1.82) is 0 Å². The lowest BCUT2D eigenvalue weighted by Gasteiger charge is -2.29. The third-order valence-electron chi connectivity index (χ3n) is 5.42. The van der Waals surface area contributed by atoms with Crippen molar-refractivity contribution in [2.75, 3.05) is 7.11 Å². The molecule has 0 radical (unpaired) electrons. The second kappa shape index (κ2) is 12.1. The van der Waals surface area contributed by atoms with Gasteiger partial charge in [0.2, 0.25) is 11.8 Å². The van der Waals surface area contributed by atoms with Crippen molar-refractivity contribution >= 4 is 46.6 Å². The minimum atomic E-state index is -0.715. The Balaban J connectivity index is 1.76. The summed E-state index contributed by atoms with van der Waals surface area (Å²) in [6.45, 7) is 2.20. The number of benzene rings is 3. The number of ether oxygens (including phenoxy) is 1. The Morgan fingerprint density at radius 2 is 1.53 bits per heavy atom. The number of amides is 2. The zero-order valence-electron chi connectivity index (χ0n) is 18.9. The average Bonchev–Trinajstić information content (AvgIpc) is 2.83. The molecule has 1 atom stereocenters. The summed E-state index contributed by atoms with van der Waals surface area (Å²) in [6.07, 6.45) is 0.147.